The normalized spacial score (nSPS) is 21.3. The molecule has 1 aromatic rings. The monoisotopic (exact) mass is 311 g/mol. The van der Waals surface area contributed by atoms with Crippen LogP contribution in [0.4, 0.5) is 5.69 Å². The summed E-state index contributed by atoms with van der Waals surface area (Å²) in [4.78, 5) is 5.74. The minimum Gasteiger partial charge on any atom is -0.508 e. The molecule has 2 aliphatic heterocycles. The van der Waals surface area contributed by atoms with Crippen molar-refractivity contribution in [1.82, 2.24) is 4.90 Å². The molecule has 0 saturated carbocycles. The quantitative estimate of drug-likeness (QED) is 0.804. The van der Waals surface area contributed by atoms with Gasteiger partial charge in [-0.2, -0.15) is 0 Å². The minimum atomic E-state index is 0.260. The predicted octanol–water partition coefficient (Wildman–Crippen LogP) is 1.56. The van der Waals surface area contributed by atoms with E-state index in [2.05, 4.69) is 4.90 Å². The van der Waals surface area contributed by atoms with Crippen LogP contribution in [-0.2, 0) is 0 Å². The molecule has 2 aliphatic rings. The van der Waals surface area contributed by atoms with E-state index in [1.807, 2.05) is 11.0 Å². The van der Waals surface area contributed by atoms with Crippen LogP contribution in [0.2, 0.25) is 0 Å². The maximum atomic E-state index is 9.67. The van der Waals surface area contributed by atoms with Crippen LogP contribution >= 0.6 is 36.2 Å². The smallest absolute Gasteiger partial charge is 0.176 e. The Morgan fingerprint density at radius 1 is 1.53 bits per heavy atom. The molecule has 0 radical (unpaired) electrons. The molecule has 1 saturated heterocycles. The van der Waals surface area contributed by atoms with Gasteiger partial charge in [-0.1, -0.05) is 12.2 Å². The highest BCUT2D eigenvalue weighted by atomic mass is 32.2. The molecule has 0 aliphatic carbocycles. The first-order chi connectivity index (χ1) is 9.06. The van der Waals surface area contributed by atoms with Crippen LogP contribution in [-0.4, -0.2) is 45.0 Å². The fourth-order valence-corrected chi connectivity index (χ4v) is 4.11. The highest BCUT2D eigenvalue weighted by molar-refractivity contribution is 7.99. The fraction of sp³-hybridized carbons (Fsp3) is 0.333. The third-order valence-corrected chi connectivity index (χ3v) is 5.04. The highest BCUT2D eigenvalue weighted by Crippen LogP contribution is 2.42. The predicted molar refractivity (Wildman–Crippen MR) is 86.1 cm³/mol. The molecule has 0 amide bonds. The topological polar surface area (TPSA) is 52.7 Å². The number of benzene rings is 1. The van der Waals surface area contributed by atoms with Crippen LogP contribution in [0, 0.1) is 0 Å². The largest absolute Gasteiger partial charge is 0.508 e. The molecule has 19 heavy (non-hydrogen) atoms. The Labute approximate surface area is 126 Å². The van der Waals surface area contributed by atoms with Crippen LogP contribution in [0.1, 0.15) is 0 Å². The van der Waals surface area contributed by atoms with E-state index in [1.54, 1.807) is 23.9 Å². The number of phenols is 1. The summed E-state index contributed by atoms with van der Waals surface area (Å²) in [7, 11) is 0. The van der Waals surface area contributed by atoms with Gasteiger partial charge in [-0.15, -0.1) is 11.8 Å². The van der Waals surface area contributed by atoms with Gasteiger partial charge in [0, 0.05) is 23.3 Å². The summed E-state index contributed by atoms with van der Waals surface area (Å²) in [5, 5.41) is 10.4. The van der Waals surface area contributed by atoms with Gasteiger partial charge in [-0.05, 0) is 24.4 Å². The fourth-order valence-electron chi connectivity index (χ4n) is 2.47. The van der Waals surface area contributed by atoms with Crippen molar-refractivity contribution in [1.29, 1.82) is 0 Å². The van der Waals surface area contributed by atoms with E-state index in [4.69, 9.17) is 30.2 Å². The molecular weight excluding hydrogens is 298 g/mol. The Bertz CT molecular complexity index is 563. The zero-order chi connectivity index (χ0) is 13.6. The highest BCUT2D eigenvalue weighted by Gasteiger charge is 2.39. The van der Waals surface area contributed by atoms with Crippen LogP contribution in [0.15, 0.2) is 23.1 Å². The molecule has 0 aromatic heterocycles. The maximum absolute atomic E-state index is 9.67. The van der Waals surface area contributed by atoms with Gasteiger partial charge in [-0.25, -0.2) is 0 Å². The number of fused-ring (bicyclic) bond motifs is 3. The number of phenolic OH excluding ortho intramolecular Hbond substituents is 1. The SMILES string of the molecule is NC(=S)CN1CC2CSc3ccc(O)cc3N2C1=S. The summed E-state index contributed by atoms with van der Waals surface area (Å²) in [6.45, 7) is 1.35. The summed E-state index contributed by atoms with van der Waals surface area (Å²) in [5.74, 6) is 1.24. The van der Waals surface area contributed by atoms with Gasteiger partial charge < -0.3 is 20.6 Å². The maximum Gasteiger partial charge on any atom is 0.176 e. The van der Waals surface area contributed by atoms with Crippen molar-refractivity contribution in [2.75, 3.05) is 23.7 Å². The first-order valence-corrected chi connectivity index (χ1v) is 7.68. The number of rotatable bonds is 2. The first kappa shape index (κ1) is 13.0. The Morgan fingerprint density at radius 3 is 3.05 bits per heavy atom. The second-order valence-corrected chi connectivity index (χ2v) is 6.57. The number of hydrogen-bond donors (Lipinski definition) is 2. The summed E-state index contributed by atoms with van der Waals surface area (Å²) >= 11 is 12.3. The molecule has 0 spiro atoms. The average molecular weight is 311 g/mol. The molecule has 0 bridgehead atoms. The molecule has 100 valence electrons. The first-order valence-electron chi connectivity index (χ1n) is 5.88. The number of thiocarbonyl (C=S) groups is 2. The van der Waals surface area contributed by atoms with Crippen molar-refractivity contribution in [2.45, 2.75) is 10.9 Å². The van der Waals surface area contributed by atoms with E-state index in [0.29, 0.717) is 17.6 Å². The Kier molecular flexibility index (Phi) is 3.28. The number of aromatic hydroxyl groups is 1. The van der Waals surface area contributed by atoms with Crippen LogP contribution in [0.25, 0.3) is 0 Å². The van der Waals surface area contributed by atoms with Crippen LogP contribution < -0.4 is 10.6 Å². The second kappa shape index (κ2) is 4.81. The van der Waals surface area contributed by atoms with Crippen molar-refractivity contribution < 1.29 is 5.11 Å². The summed E-state index contributed by atoms with van der Waals surface area (Å²) in [6.07, 6.45) is 0. The molecule has 3 N–H and O–H groups in total. The van der Waals surface area contributed by atoms with Gasteiger partial charge in [0.1, 0.15) is 5.75 Å². The third-order valence-electron chi connectivity index (χ3n) is 3.25. The van der Waals surface area contributed by atoms with Crippen LogP contribution in [0.5, 0.6) is 5.75 Å². The number of hydrogen-bond acceptors (Lipinski definition) is 4. The Hall–Kier alpha value is -1.05. The Morgan fingerprint density at radius 2 is 2.32 bits per heavy atom. The van der Waals surface area contributed by atoms with Gasteiger partial charge in [0.15, 0.2) is 5.11 Å². The number of nitrogens with zero attached hydrogens (tertiary/aromatic N) is 2. The van der Waals surface area contributed by atoms with Crippen molar-refractivity contribution in [3.63, 3.8) is 0 Å². The summed E-state index contributed by atoms with van der Waals surface area (Å²) in [5.41, 5.74) is 6.59. The van der Waals surface area contributed by atoms with Crippen molar-refractivity contribution in [2.24, 2.45) is 5.73 Å². The van der Waals surface area contributed by atoms with Crippen molar-refractivity contribution in [3.8, 4) is 5.75 Å². The lowest BCUT2D eigenvalue weighted by atomic mass is 10.2. The zero-order valence-corrected chi connectivity index (χ0v) is 12.5. The van der Waals surface area contributed by atoms with Gasteiger partial charge in [0.05, 0.1) is 23.3 Å². The number of thioether (sulfide) groups is 1. The molecule has 1 unspecified atom stereocenters. The minimum absolute atomic E-state index is 0.260. The number of anilines is 1. The van der Waals surface area contributed by atoms with E-state index in [1.165, 1.54) is 0 Å². The van der Waals surface area contributed by atoms with E-state index in [9.17, 15) is 5.11 Å². The van der Waals surface area contributed by atoms with Crippen LogP contribution in [0.3, 0.4) is 0 Å². The number of nitrogens with two attached hydrogens (primary N) is 1. The molecule has 7 heteroatoms. The van der Waals surface area contributed by atoms with E-state index in [-0.39, 0.29) is 5.75 Å². The standard InChI is InChI=1S/C12H13N3OS3/c13-11(17)5-14-4-7-6-19-10-2-1-8(16)3-9(10)15(7)12(14)18/h1-3,7,16H,4-6H2,(H2,13,17). The Balaban J connectivity index is 1.95. The van der Waals surface area contributed by atoms with E-state index < -0.39 is 0 Å². The van der Waals surface area contributed by atoms with Gasteiger partial charge in [0.2, 0.25) is 0 Å². The molecular formula is C12H13N3OS3. The molecule has 1 aromatic carbocycles. The third kappa shape index (κ3) is 2.26. The molecule has 1 atom stereocenters. The second-order valence-electron chi connectivity index (χ2n) is 4.62. The van der Waals surface area contributed by atoms with Gasteiger partial charge in [-0.3, -0.25) is 0 Å². The molecule has 2 heterocycles. The van der Waals surface area contributed by atoms with Gasteiger partial charge >= 0.3 is 0 Å². The van der Waals surface area contributed by atoms with Crippen molar-refractivity contribution >= 4 is 52.0 Å². The summed E-state index contributed by atoms with van der Waals surface area (Å²) in [6, 6.07) is 5.73. The van der Waals surface area contributed by atoms with E-state index in [0.717, 1.165) is 28.0 Å². The van der Waals surface area contributed by atoms with Crippen molar-refractivity contribution in [3.05, 3.63) is 18.2 Å². The van der Waals surface area contributed by atoms with Gasteiger partial charge in [0.25, 0.3) is 0 Å². The molecule has 4 nitrogen and oxygen atoms in total. The lowest BCUT2D eigenvalue weighted by molar-refractivity contribution is 0.474. The average Bonchev–Trinajstić information content (AvgIpc) is 2.66. The molecule has 3 rings (SSSR count). The zero-order valence-electron chi connectivity index (χ0n) is 10.1. The lowest BCUT2D eigenvalue weighted by Crippen LogP contribution is -2.39. The molecule has 1 fully saturated rings. The summed E-state index contributed by atoms with van der Waals surface area (Å²) < 4.78 is 0. The van der Waals surface area contributed by atoms with E-state index >= 15 is 0 Å². The lowest BCUT2D eigenvalue weighted by Gasteiger charge is -2.31.